The van der Waals surface area contributed by atoms with Gasteiger partial charge in [0.15, 0.2) is 5.82 Å². The molecule has 0 radical (unpaired) electrons. The summed E-state index contributed by atoms with van der Waals surface area (Å²) in [6.45, 7) is 2.10. The molecule has 3 N–H and O–H groups in total. The Balaban J connectivity index is 2.05. The summed E-state index contributed by atoms with van der Waals surface area (Å²) in [7, 11) is 1.64. The van der Waals surface area contributed by atoms with E-state index in [0.717, 1.165) is 11.3 Å². The number of rotatable bonds is 3. The Labute approximate surface area is 101 Å². The lowest BCUT2D eigenvalue weighted by Crippen LogP contribution is -2.26. The SMILES string of the molecule is Cc1nc(CN(C)C(=O)c2nnc(N)s2)n[nH]1. The average molecular weight is 253 g/mol. The minimum atomic E-state index is -0.248. The van der Waals surface area contributed by atoms with E-state index in [2.05, 4.69) is 25.4 Å². The summed E-state index contributed by atoms with van der Waals surface area (Å²) in [6.07, 6.45) is 0. The van der Waals surface area contributed by atoms with Crippen molar-refractivity contribution < 1.29 is 4.79 Å². The van der Waals surface area contributed by atoms with Crippen LogP contribution in [0.3, 0.4) is 0 Å². The Morgan fingerprint density at radius 3 is 2.82 bits per heavy atom. The molecular formula is C8H11N7OS. The first-order chi connectivity index (χ1) is 8.06. The van der Waals surface area contributed by atoms with Gasteiger partial charge in [0.1, 0.15) is 5.82 Å². The number of hydrogen-bond donors (Lipinski definition) is 2. The fourth-order valence-electron chi connectivity index (χ4n) is 1.23. The smallest absolute Gasteiger partial charge is 0.285 e. The number of nitrogens with two attached hydrogens (primary N) is 1. The third-order valence-electron chi connectivity index (χ3n) is 1.99. The number of nitrogens with one attached hydrogen (secondary N) is 1. The second-order valence-corrected chi connectivity index (χ2v) is 4.45. The molecule has 2 heterocycles. The normalized spacial score (nSPS) is 10.5. The van der Waals surface area contributed by atoms with Crippen molar-refractivity contribution in [3.8, 4) is 0 Å². The molecule has 0 aliphatic heterocycles. The number of anilines is 1. The van der Waals surface area contributed by atoms with E-state index in [1.807, 2.05) is 0 Å². The Hall–Kier alpha value is -2.03. The molecule has 0 spiro atoms. The van der Waals surface area contributed by atoms with E-state index in [9.17, 15) is 4.79 Å². The molecule has 2 aromatic rings. The van der Waals surface area contributed by atoms with E-state index < -0.39 is 0 Å². The molecule has 0 saturated heterocycles. The van der Waals surface area contributed by atoms with Gasteiger partial charge in [0.2, 0.25) is 10.1 Å². The predicted molar refractivity (Wildman–Crippen MR) is 61.2 cm³/mol. The highest BCUT2D eigenvalue weighted by Crippen LogP contribution is 2.13. The van der Waals surface area contributed by atoms with Crippen molar-refractivity contribution in [1.82, 2.24) is 30.3 Å². The van der Waals surface area contributed by atoms with Crippen LogP contribution in [0.25, 0.3) is 0 Å². The molecule has 0 saturated carbocycles. The molecule has 0 aromatic carbocycles. The Bertz CT molecular complexity index is 533. The first kappa shape index (κ1) is 11.5. The largest absolute Gasteiger partial charge is 0.374 e. The number of aromatic amines is 1. The molecule has 2 rings (SSSR count). The second kappa shape index (κ2) is 4.45. The molecule has 8 nitrogen and oxygen atoms in total. The molecule has 17 heavy (non-hydrogen) atoms. The maximum Gasteiger partial charge on any atom is 0.285 e. The fourth-order valence-corrected chi connectivity index (χ4v) is 1.83. The van der Waals surface area contributed by atoms with Crippen LogP contribution in [0.4, 0.5) is 5.13 Å². The number of nitrogens with zero attached hydrogens (tertiary/aromatic N) is 5. The Morgan fingerprint density at radius 1 is 1.53 bits per heavy atom. The van der Waals surface area contributed by atoms with Crippen molar-refractivity contribution >= 4 is 22.4 Å². The van der Waals surface area contributed by atoms with Gasteiger partial charge in [-0.05, 0) is 6.92 Å². The van der Waals surface area contributed by atoms with Gasteiger partial charge >= 0.3 is 0 Å². The van der Waals surface area contributed by atoms with Gasteiger partial charge in [-0.15, -0.1) is 10.2 Å². The molecule has 0 atom stereocenters. The van der Waals surface area contributed by atoms with Crippen LogP contribution in [0, 0.1) is 6.92 Å². The molecule has 1 amide bonds. The zero-order valence-electron chi connectivity index (χ0n) is 9.34. The van der Waals surface area contributed by atoms with Crippen molar-refractivity contribution in [1.29, 1.82) is 0 Å². The molecule has 0 aliphatic rings. The third-order valence-corrected chi connectivity index (χ3v) is 2.73. The van der Waals surface area contributed by atoms with Crippen LogP contribution in [-0.2, 0) is 6.54 Å². The number of aryl methyl sites for hydroxylation is 1. The van der Waals surface area contributed by atoms with Gasteiger partial charge in [-0.1, -0.05) is 11.3 Å². The molecule has 0 aliphatic carbocycles. The van der Waals surface area contributed by atoms with E-state index in [1.54, 1.807) is 14.0 Å². The number of hydrogen-bond acceptors (Lipinski definition) is 7. The summed E-state index contributed by atoms with van der Waals surface area (Å²) < 4.78 is 0. The van der Waals surface area contributed by atoms with E-state index in [4.69, 9.17) is 5.73 Å². The maximum absolute atomic E-state index is 11.9. The van der Waals surface area contributed by atoms with Gasteiger partial charge in [-0.3, -0.25) is 9.89 Å². The molecular weight excluding hydrogens is 242 g/mol. The van der Waals surface area contributed by atoms with Crippen LogP contribution >= 0.6 is 11.3 Å². The molecule has 0 unspecified atom stereocenters. The Morgan fingerprint density at radius 2 is 2.29 bits per heavy atom. The zero-order valence-corrected chi connectivity index (χ0v) is 10.2. The van der Waals surface area contributed by atoms with Gasteiger partial charge in [0, 0.05) is 7.05 Å². The summed E-state index contributed by atoms with van der Waals surface area (Å²) >= 11 is 1.06. The lowest BCUT2D eigenvalue weighted by atomic mass is 10.5. The van der Waals surface area contributed by atoms with Crippen molar-refractivity contribution in [3.05, 3.63) is 16.7 Å². The van der Waals surface area contributed by atoms with E-state index in [1.165, 1.54) is 4.90 Å². The van der Waals surface area contributed by atoms with Crippen LogP contribution < -0.4 is 5.73 Å². The minimum Gasteiger partial charge on any atom is -0.374 e. The number of H-pyrrole nitrogens is 1. The van der Waals surface area contributed by atoms with Crippen LogP contribution in [-0.4, -0.2) is 43.2 Å². The van der Waals surface area contributed by atoms with Crippen LogP contribution in [0.2, 0.25) is 0 Å². The maximum atomic E-state index is 11.9. The Kier molecular flexibility index (Phi) is 3.00. The summed E-state index contributed by atoms with van der Waals surface area (Å²) in [5, 5.41) is 14.5. The van der Waals surface area contributed by atoms with Gasteiger partial charge < -0.3 is 10.6 Å². The number of carbonyl (C=O) groups excluding carboxylic acids is 1. The monoisotopic (exact) mass is 253 g/mol. The van der Waals surface area contributed by atoms with Crippen molar-refractivity contribution in [3.63, 3.8) is 0 Å². The third kappa shape index (κ3) is 2.56. The van der Waals surface area contributed by atoms with E-state index in [0.29, 0.717) is 18.2 Å². The molecule has 0 bridgehead atoms. The number of amides is 1. The van der Waals surface area contributed by atoms with Crippen LogP contribution in [0.1, 0.15) is 21.5 Å². The van der Waals surface area contributed by atoms with Gasteiger partial charge in [0.25, 0.3) is 5.91 Å². The summed E-state index contributed by atoms with van der Waals surface area (Å²) in [4.78, 5) is 17.5. The lowest BCUT2D eigenvalue weighted by molar-refractivity contribution is 0.0780. The first-order valence-electron chi connectivity index (χ1n) is 4.78. The highest BCUT2D eigenvalue weighted by Gasteiger charge is 2.17. The van der Waals surface area contributed by atoms with Crippen molar-refractivity contribution in [2.24, 2.45) is 0 Å². The molecule has 90 valence electrons. The topological polar surface area (TPSA) is 114 Å². The first-order valence-corrected chi connectivity index (χ1v) is 5.60. The highest BCUT2D eigenvalue weighted by molar-refractivity contribution is 7.16. The number of aromatic nitrogens is 5. The predicted octanol–water partition coefficient (Wildman–Crippen LogP) is -0.181. The summed E-state index contributed by atoms with van der Waals surface area (Å²) in [6, 6.07) is 0. The quantitative estimate of drug-likeness (QED) is 0.784. The fraction of sp³-hybridized carbons (Fsp3) is 0.375. The van der Waals surface area contributed by atoms with E-state index >= 15 is 0 Å². The summed E-state index contributed by atoms with van der Waals surface area (Å²) in [5.74, 6) is 1.01. The van der Waals surface area contributed by atoms with Gasteiger partial charge in [-0.2, -0.15) is 5.10 Å². The van der Waals surface area contributed by atoms with E-state index in [-0.39, 0.29) is 16.0 Å². The molecule has 0 fully saturated rings. The van der Waals surface area contributed by atoms with Gasteiger partial charge in [0.05, 0.1) is 6.54 Å². The highest BCUT2D eigenvalue weighted by atomic mass is 32.1. The van der Waals surface area contributed by atoms with Gasteiger partial charge in [-0.25, -0.2) is 4.98 Å². The minimum absolute atomic E-state index is 0.248. The molecule has 9 heteroatoms. The molecule has 2 aromatic heterocycles. The second-order valence-electron chi connectivity index (χ2n) is 3.44. The van der Waals surface area contributed by atoms with Crippen LogP contribution in [0.5, 0.6) is 0 Å². The van der Waals surface area contributed by atoms with Crippen molar-refractivity contribution in [2.75, 3.05) is 12.8 Å². The number of carbonyl (C=O) groups is 1. The summed E-state index contributed by atoms with van der Waals surface area (Å²) in [5.41, 5.74) is 5.42. The lowest BCUT2D eigenvalue weighted by Gasteiger charge is -2.12. The van der Waals surface area contributed by atoms with Crippen molar-refractivity contribution in [2.45, 2.75) is 13.5 Å². The zero-order chi connectivity index (χ0) is 12.4. The average Bonchev–Trinajstić information content (AvgIpc) is 2.87. The number of nitrogen functional groups attached to an aromatic ring is 1. The standard InChI is InChI=1S/C8H11N7OS/c1-4-10-5(12-11-4)3-15(2)7(16)6-13-14-8(9)17-6/h3H2,1-2H3,(H2,9,14)(H,10,11,12). The van der Waals surface area contributed by atoms with Crippen LogP contribution in [0.15, 0.2) is 0 Å².